The third-order valence-corrected chi connectivity index (χ3v) is 3.20. The molecule has 0 aliphatic heterocycles. The van der Waals surface area contributed by atoms with Gasteiger partial charge in [-0.2, -0.15) is 0 Å². The molecule has 0 saturated heterocycles. The van der Waals surface area contributed by atoms with Gasteiger partial charge in [0.15, 0.2) is 0 Å². The van der Waals surface area contributed by atoms with Crippen LogP contribution in [0.25, 0.3) is 0 Å². The van der Waals surface area contributed by atoms with Gasteiger partial charge in [0.2, 0.25) is 0 Å². The second-order valence-corrected chi connectivity index (χ2v) is 4.74. The van der Waals surface area contributed by atoms with Crippen molar-refractivity contribution in [3.63, 3.8) is 0 Å². The Morgan fingerprint density at radius 3 is 2.61 bits per heavy atom. The fourth-order valence-electron chi connectivity index (χ4n) is 1.96. The fourth-order valence-corrected chi connectivity index (χ4v) is 1.96. The minimum absolute atomic E-state index is 0.0805. The van der Waals surface area contributed by atoms with Crippen molar-refractivity contribution in [2.24, 2.45) is 7.05 Å². The molecule has 0 radical (unpaired) electrons. The van der Waals surface area contributed by atoms with Crippen LogP contribution in [0.1, 0.15) is 21.6 Å². The second kappa shape index (κ2) is 9.31. The molecule has 2 rings (SSSR count). The number of aliphatic hydroxyl groups is 1. The van der Waals surface area contributed by atoms with Gasteiger partial charge in [0.05, 0.1) is 30.7 Å². The van der Waals surface area contributed by atoms with E-state index >= 15 is 0 Å². The number of carboxylic acid groups (broad SMARTS) is 1. The lowest BCUT2D eigenvalue weighted by Gasteiger charge is -2.22. The van der Waals surface area contributed by atoms with Gasteiger partial charge >= 0.3 is 0 Å². The molecular formula is C15H20N4O4. The summed E-state index contributed by atoms with van der Waals surface area (Å²) < 4.78 is 1.85. The van der Waals surface area contributed by atoms with Gasteiger partial charge in [0, 0.05) is 32.2 Å². The van der Waals surface area contributed by atoms with Gasteiger partial charge in [-0.25, -0.2) is 4.98 Å². The molecule has 0 aliphatic carbocycles. The quantitative estimate of drug-likeness (QED) is 0.775. The Morgan fingerprint density at radius 1 is 1.39 bits per heavy atom. The van der Waals surface area contributed by atoms with Crippen molar-refractivity contribution < 1.29 is 19.8 Å². The Hall–Kier alpha value is -2.74. The summed E-state index contributed by atoms with van der Waals surface area (Å²) in [5.41, 5.74) is 2.34. The number of amides is 1. The van der Waals surface area contributed by atoms with Crippen molar-refractivity contribution in [3.05, 3.63) is 47.8 Å². The smallest absolute Gasteiger partial charge is 0.290 e. The lowest BCUT2D eigenvalue weighted by Crippen LogP contribution is -2.34. The van der Waals surface area contributed by atoms with Crippen LogP contribution >= 0.6 is 0 Å². The fraction of sp³-hybridized carbons (Fsp3) is 0.333. The lowest BCUT2D eigenvalue weighted by atomic mass is 10.1. The first-order chi connectivity index (χ1) is 11.0. The van der Waals surface area contributed by atoms with E-state index in [4.69, 9.17) is 15.0 Å². The SMILES string of the molecule is Cc1ccncc1C(=O)N(CCO)Cc1cncn1C.O=CO. The first-order valence-corrected chi connectivity index (χ1v) is 6.89. The maximum absolute atomic E-state index is 12.5. The molecule has 2 aromatic heterocycles. The van der Waals surface area contributed by atoms with Crippen molar-refractivity contribution in [2.45, 2.75) is 13.5 Å². The van der Waals surface area contributed by atoms with E-state index in [-0.39, 0.29) is 25.5 Å². The van der Waals surface area contributed by atoms with Gasteiger partial charge in [-0.3, -0.25) is 14.6 Å². The lowest BCUT2D eigenvalue weighted by molar-refractivity contribution is -0.122. The third kappa shape index (κ3) is 5.19. The number of carbonyl (C=O) groups excluding carboxylic acids is 1. The largest absolute Gasteiger partial charge is 0.483 e. The van der Waals surface area contributed by atoms with Gasteiger partial charge in [-0.15, -0.1) is 0 Å². The molecule has 0 fully saturated rings. The Labute approximate surface area is 134 Å². The molecule has 2 heterocycles. The number of hydrogen-bond donors (Lipinski definition) is 2. The predicted octanol–water partition coefficient (Wildman–Crippen LogP) is 0.459. The van der Waals surface area contributed by atoms with E-state index in [9.17, 15) is 4.79 Å². The number of carbonyl (C=O) groups is 2. The highest BCUT2D eigenvalue weighted by Gasteiger charge is 2.18. The van der Waals surface area contributed by atoms with E-state index in [1.807, 2.05) is 18.5 Å². The highest BCUT2D eigenvalue weighted by Crippen LogP contribution is 2.12. The number of hydrogen-bond acceptors (Lipinski definition) is 5. The van der Waals surface area contributed by atoms with Gasteiger partial charge in [0.1, 0.15) is 0 Å². The molecule has 124 valence electrons. The van der Waals surface area contributed by atoms with Gasteiger partial charge in [-0.1, -0.05) is 0 Å². The Kier molecular flexibility index (Phi) is 7.41. The predicted molar refractivity (Wildman–Crippen MR) is 82.7 cm³/mol. The Bertz CT molecular complexity index is 642. The minimum atomic E-state index is -0.250. The van der Waals surface area contributed by atoms with Gasteiger partial charge < -0.3 is 19.7 Å². The van der Waals surface area contributed by atoms with Crippen molar-refractivity contribution in [2.75, 3.05) is 13.2 Å². The average molecular weight is 320 g/mol. The van der Waals surface area contributed by atoms with Crippen molar-refractivity contribution in [1.82, 2.24) is 19.4 Å². The molecule has 23 heavy (non-hydrogen) atoms. The maximum atomic E-state index is 12.5. The summed E-state index contributed by atoms with van der Waals surface area (Å²) in [6, 6.07) is 1.80. The molecule has 0 aliphatic rings. The molecular weight excluding hydrogens is 300 g/mol. The van der Waals surface area contributed by atoms with Crippen LogP contribution in [-0.2, 0) is 18.4 Å². The number of aromatic nitrogens is 3. The molecule has 8 nitrogen and oxygen atoms in total. The molecule has 2 N–H and O–H groups in total. The van der Waals surface area contributed by atoms with Crippen LogP contribution in [0.2, 0.25) is 0 Å². The van der Waals surface area contributed by atoms with Crippen LogP contribution in [-0.4, -0.2) is 55.2 Å². The van der Waals surface area contributed by atoms with Crippen LogP contribution in [0.15, 0.2) is 31.0 Å². The van der Waals surface area contributed by atoms with Crippen LogP contribution in [0, 0.1) is 6.92 Å². The number of aliphatic hydroxyl groups excluding tert-OH is 1. The molecule has 2 aromatic rings. The number of pyridine rings is 1. The van der Waals surface area contributed by atoms with Gasteiger partial charge in [-0.05, 0) is 18.6 Å². The topological polar surface area (TPSA) is 109 Å². The van der Waals surface area contributed by atoms with Gasteiger partial charge in [0.25, 0.3) is 12.4 Å². The normalized spacial score (nSPS) is 9.70. The molecule has 0 saturated carbocycles. The number of nitrogens with zero attached hydrogens (tertiary/aromatic N) is 4. The van der Waals surface area contributed by atoms with E-state index < -0.39 is 0 Å². The molecule has 0 unspecified atom stereocenters. The summed E-state index contributed by atoms with van der Waals surface area (Å²) >= 11 is 0. The van der Waals surface area contributed by atoms with Crippen LogP contribution in [0.3, 0.4) is 0 Å². The molecule has 1 amide bonds. The molecule has 0 atom stereocenters. The summed E-state index contributed by atoms with van der Waals surface area (Å²) in [5.74, 6) is -0.133. The second-order valence-electron chi connectivity index (χ2n) is 4.74. The summed E-state index contributed by atoms with van der Waals surface area (Å²) in [4.78, 5) is 30.5. The monoisotopic (exact) mass is 320 g/mol. The molecule has 8 heteroatoms. The number of aryl methyl sites for hydroxylation is 2. The third-order valence-electron chi connectivity index (χ3n) is 3.20. The highest BCUT2D eigenvalue weighted by atomic mass is 16.3. The van der Waals surface area contributed by atoms with Crippen LogP contribution in [0.4, 0.5) is 0 Å². The van der Waals surface area contributed by atoms with E-state index in [0.717, 1.165) is 11.3 Å². The summed E-state index contributed by atoms with van der Waals surface area (Å²) in [6.45, 7) is 2.22. The zero-order valence-corrected chi connectivity index (χ0v) is 13.1. The maximum Gasteiger partial charge on any atom is 0.290 e. The summed E-state index contributed by atoms with van der Waals surface area (Å²) in [7, 11) is 1.87. The van der Waals surface area contributed by atoms with E-state index in [0.29, 0.717) is 12.1 Å². The van der Waals surface area contributed by atoms with Crippen LogP contribution in [0.5, 0.6) is 0 Å². The summed E-state index contributed by atoms with van der Waals surface area (Å²) in [5, 5.41) is 16.1. The van der Waals surface area contributed by atoms with Crippen molar-refractivity contribution >= 4 is 12.4 Å². The van der Waals surface area contributed by atoms with E-state index in [1.165, 1.54) is 0 Å². The van der Waals surface area contributed by atoms with Crippen molar-refractivity contribution in [1.29, 1.82) is 0 Å². The number of imidazole rings is 1. The first-order valence-electron chi connectivity index (χ1n) is 6.89. The standard InChI is InChI=1S/C14H18N4O2.CH2O2/c1-11-3-4-15-8-13(11)14(20)18(5-6-19)9-12-7-16-10-17(12)2;2-1-3/h3-4,7-8,10,19H,5-6,9H2,1-2H3;1H,(H,2,3). The molecule has 0 bridgehead atoms. The zero-order valence-electron chi connectivity index (χ0n) is 13.1. The zero-order chi connectivity index (χ0) is 17.2. The van der Waals surface area contributed by atoms with E-state index in [2.05, 4.69) is 9.97 Å². The Morgan fingerprint density at radius 2 is 2.09 bits per heavy atom. The van der Waals surface area contributed by atoms with Crippen molar-refractivity contribution in [3.8, 4) is 0 Å². The number of rotatable bonds is 5. The summed E-state index contributed by atoms with van der Waals surface area (Å²) in [6.07, 6.45) is 6.62. The minimum Gasteiger partial charge on any atom is -0.483 e. The van der Waals surface area contributed by atoms with Crippen LogP contribution < -0.4 is 0 Å². The van der Waals surface area contributed by atoms with E-state index in [1.54, 1.807) is 35.9 Å². The molecule has 0 spiro atoms. The Balaban J connectivity index is 0.000000816. The molecule has 0 aromatic carbocycles. The average Bonchev–Trinajstić information content (AvgIpc) is 2.93. The first kappa shape index (κ1) is 18.3. The highest BCUT2D eigenvalue weighted by molar-refractivity contribution is 5.95.